The Hall–Kier alpha value is -4.35. The van der Waals surface area contributed by atoms with Crippen LogP contribution in [0.5, 0.6) is 5.75 Å². The first-order chi connectivity index (χ1) is 22.9. The second-order valence-corrected chi connectivity index (χ2v) is 12.2. The lowest BCUT2D eigenvalue weighted by atomic mass is 10.0. The summed E-state index contributed by atoms with van der Waals surface area (Å²) in [5.41, 5.74) is 4.51. The van der Waals surface area contributed by atoms with Gasteiger partial charge in [-0.1, -0.05) is 91.0 Å². The molecular formula is C37H40N2O7S. The lowest BCUT2D eigenvalue weighted by molar-refractivity contribution is -0.245. The van der Waals surface area contributed by atoms with Crippen LogP contribution in [0.25, 0.3) is 0 Å². The number of hydrogen-bond donors (Lipinski definition) is 3. The smallest absolute Gasteiger partial charge is 0.328 e. The van der Waals surface area contributed by atoms with E-state index in [1.165, 1.54) is 7.11 Å². The first-order valence-corrected chi connectivity index (χ1v) is 16.5. The normalized spacial score (nSPS) is 18.1. The van der Waals surface area contributed by atoms with Crippen LogP contribution in [0.1, 0.15) is 46.6 Å². The molecule has 10 heteroatoms. The highest BCUT2D eigenvalue weighted by Gasteiger charge is 2.32. The van der Waals surface area contributed by atoms with Crippen molar-refractivity contribution in [3.63, 3.8) is 0 Å². The van der Waals surface area contributed by atoms with E-state index in [1.807, 2.05) is 103 Å². The van der Waals surface area contributed by atoms with Crippen LogP contribution in [-0.2, 0) is 38.6 Å². The van der Waals surface area contributed by atoms with Crippen molar-refractivity contribution in [2.75, 3.05) is 20.0 Å². The fourth-order valence-electron chi connectivity index (χ4n) is 5.31. The zero-order chi connectivity index (χ0) is 33.0. The maximum Gasteiger partial charge on any atom is 0.328 e. The number of hydrogen-bond acceptors (Lipinski definition) is 8. The molecule has 0 spiro atoms. The predicted octanol–water partition coefficient (Wildman–Crippen LogP) is 6.11. The van der Waals surface area contributed by atoms with Crippen molar-refractivity contribution in [1.29, 1.82) is 0 Å². The highest BCUT2D eigenvalue weighted by Crippen LogP contribution is 2.40. The fourth-order valence-corrected chi connectivity index (χ4v) is 6.36. The molecular weight excluding hydrogens is 616 g/mol. The predicted molar refractivity (Wildman–Crippen MR) is 180 cm³/mol. The van der Waals surface area contributed by atoms with Crippen LogP contribution in [0.4, 0.5) is 4.79 Å². The van der Waals surface area contributed by atoms with Gasteiger partial charge >= 0.3 is 12.0 Å². The Kier molecular flexibility index (Phi) is 12.3. The number of methoxy groups -OCH3 is 2. The maximum atomic E-state index is 12.7. The Bertz CT molecular complexity index is 1580. The number of esters is 1. The van der Waals surface area contributed by atoms with E-state index in [-0.39, 0.29) is 25.4 Å². The number of rotatable bonds is 13. The summed E-state index contributed by atoms with van der Waals surface area (Å²) in [7, 11) is 2.97. The third-order valence-electron chi connectivity index (χ3n) is 7.89. The molecule has 1 aliphatic rings. The fraction of sp³-hybridized carbons (Fsp3) is 0.297. The molecule has 9 nitrogen and oxygen atoms in total. The highest BCUT2D eigenvalue weighted by molar-refractivity contribution is 7.99. The lowest BCUT2D eigenvalue weighted by Gasteiger charge is -2.36. The Morgan fingerprint density at radius 3 is 2.23 bits per heavy atom. The second-order valence-electron chi connectivity index (χ2n) is 11.1. The van der Waals surface area contributed by atoms with Crippen LogP contribution < -0.4 is 15.4 Å². The molecule has 0 bridgehead atoms. The van der Waals surface area contributed by atoms with Crippen molar-refractivity contribution in [2.24, 2.45) is 0 Å². The molecule has 1 heterocycles. The van der Waals surface area contributed by atoms with Gasteiger partial charge in [0, 0.05) is 35.6 Å². The molecule has 47 heavy (non-hydrogen) atoms. The molecule has 2 amide bonds. The second kappa shape index (κ2) is 17.0. The van der Waals surface area contributed by atoms with E-state index in [0.29, 0.717) is 18.6 Å². The summed E-state index contributed by atoms with van der Waals surface area (Å²) in [6.07, 6.45) is 0.0921. The van der Waals surface area contributed by atoms with E-state index < -0.39 is 24.3 Å². The molecule has 0 saturated carbocycles. The molecule has 4 aromatic rings. The minimum Gasteiger partial charge on any atom is -0.496 e. The number of carbonyl (C=O) groups is 2. The number of para-hydroxylation sites is 1. The summed E-state index contributed by atoms with van der Waals surface area (Å²) in [6.45, 7) is 0.244. The van der Waals surface area contributed by atoms with Gasteiger partial charge in [0.05, 0.1) is 33.0 Å². The molecule has 5 rings (SSSR count). The Balaban J connectivity index is 1.22. The number of nitrogens with one attached hydrogen (secondary N) is 2. The van der Waals surface area contributed by atoms with E-state index >= 15 is 0 Å². The van der Waals surface area contributed by atoms with Crippen molar-refractivity contribution in [1.82, 2.24) is 10.6 Å². The van der Waals surface area contributed by atoms with Crippen LogP contribution >= 0.6 is 11.8 Å². The topological polar surface area (TPSA) is 115 Å². The number of amides is 2. The Labute approximate surface area is 279 Å². The van der Waals surface area contributed by atoms with Gasteiger partial charge in [0.1, 0.15) is 11.8 Å². The van der Waals surface area contributed by atoms with E-state index in [4.69, 9.17) is 18.9 Å². The molecule has 4 atom stereocenters. The molecule has 1 fully saturated rings. The largest absolute Gasteiger partial charge is 0.496 e. The summed E-state index contributed by atoms with van der Waals surface area (Å²) >= 11 is 1.68. The van der Waals surface area contributed by atoms with Crippen LogP contribution in [0.15, 0.2) is 108 Å². The van der Waals surface area contributed by atoms with Crippen molar-refractivity contribution < 1.29 is 33.6 Å². The van der Waals surface area contributed by atoms with Gasteiger partial charge in [0.15, 0.2) is 6.29 Å². The third kappa shape index (κ3) is 9.59. The van der Waals surface area contributed by atoms with Gasteiger partial charge in [-0.25, -0.2) is 9.59 Å². The average molecular weight is 657 g/mol. The number of aliphatic hydroxyl groups is 1. The van der Waals surface area contributed by atoms with Gasteiger partial charge in [-0.05, 0) is 34.4 Å². The van der Waals surface area contributed by atoms with Gasteiger partial charge in [-0.3, -0.25) is 0 Å². The standard InChI is InChI=1S/C37H40N2O7S/c1-43-32-10-6-7-11-34(32)47-24-30-21-33(28-16-14-27(23-40)15-17-28)46-36(45-30)29-18-12-26(13-19-29)22-38-37(42)39-31(35(41)44-2)20-25-8-4-3-5-9-25/h3-19,30-31,33,36,40H,20-24H2,1-2H3,(H2,38,39,42). The molecule has 0 aromatic heterocycles. The average Bonchev–Trinajstić information content (AvgIpc) is 3.13. The summed E-state index contributed by atoms with van der Waals surface area (Å²) in [5.74, 6) is 1.02. The molecule has 0 aliphatic carbocycles. The van der Waals surface area contributed by atoms with Crippen LogP contribution in [-0.4, -0.2) is 49.2 Å². The number of ether oxygens (including phenoxy) is 4. The number of urea groups is 1. The molecule has 4 aromatic carbocycles. The van der Waals surface area contributed by atoms with Crippen molar-refractivity contribution in [2.45, 2.75) is 55.4 Å². The van der Waals surface area contributed by atoms with Gasteiger partial charge in [-0.15, -0.1) is 11.8 Å². The molecule has 3 N–H and O–H groups in total. The summed E-state index contributed by atoms with van der Waals surface area (Å²) < 4.78 is 23.4. The van der Waals surface area contributed by atoms with Crippen LogP contribution in [0, 0.1) is 0 Å². The minimum absolute atomic E-state index is 0.0157. The molecule has 1 saturated heterocycles. The monoisotopic (exact) mass is 656 g/mol. The highest BCUT2D eigenvalue weighted by atomic mass is 32.2. The summed E-state index contributed by atoms with van der Waals surface area (Å²) in [5, 5.41) is 15.1. The van der Waals surface area contributed by atoms with Gasteiger partial charge < -0.3 is 34.7 Å². The summed E-state index contributed by atoms with van der Waals surface area (Å²) in [6, 6.07) is 31.6. The SMILES string of the molecule is COC(=O)C(Cc1ccccc1)NC(=O)NCc1ccc(C2OC(CSc3ccccc3OC)CC(c3ccc(CO)cc3)O2)cc1. The first kappa shape index (κ1) is 34.0. The van der Waals surface area contributed by atoms with Gasteiger partial charge in [0.25, 0.3) is 0 Å². The molecule has 246 valence electrons. The van der Waals surface area contributed by atoms with E-state index in [2.05, 4.69) is 10.6 Å². The van der Waals surface area contributed by atoms with E-state index in [1.54, 1.807) is 18.9 Å². The van der Waals surface area contributed by atoms with Crippen LogP contribution in [0.3, 0.4) is 0 Å². The number of thioether (sulfide) groups is 1. The number of carbonyl (C=O) groups excluding carboxylic acids is 2. The number of aliphatic hydroxyl groups excluding tert-OH is 1. The maximum absolute atomic E-state index is 12.7. The molecule has 4 unspecified atom stereocenters. The van der Waals surface area contributed by atoms with Gasteiger partial charge in [-0.2, -0.15) is 0 Å². The first-order valence-electron chi connectivity index (χ1n) is 15.5. The Morgan fingerprint density at radius 2 is 1.53 bits per heavy atom. The van der Waals surface area contributed by atoms with Gasteiger partial charge in [0.2, 0.25) is 0 Å². The van der Waals surface area contributed by atoms with Crippen molar-refractivity contribution >= 4 is 23.8 Å². The summed E-state index contributed by atoms with van der Waals surface area (Å²) in [4.78, 5) is 26.1. The minimum atomic E-state index is -0.813. The molecule has 1 aliphatic heterocycles. The zero-order valence-electron chi connectivity index (χ0n) is 26.5. The lowest BCUT2D eigenvalue weighted by Crippen LogP contribution is -2.47. The van der Waals surface area contributed by atoms with Crippen LogP contribution in [0.2, 0.25) is 0 Å². The Morgan fingerprint density at radius 1 is 0.851 bits per heavy atom. The van der Waals surface area contributed by atoms with E-state index in [9.17, 15) is 14.7 Å². The zero-order valence-corrected chi connectivity index (χ0v) is 27.3. The number of benzene rings is 4. The van der Waals surface area contributed by atoms with Crippen molar-refractivity contribution in [3.8, 4) is 5.75 Å². The molecule has 0 radical (unpaired) electrons. The third-order valence-corrected chi connectivity index (χ3v) is 9.07. The quantitative estimate of drug-likeness (QED) is 0.117. The van der Waals surface area contributed by atoms with E-state index in [0.717, 1.165) is 38.5 Å². The van der Waals surface area contributed by atoms with Crippen molar-refractivity contribution in [3.05, 3.63) is 131 Å².